The van der Waals surface area contributed by atoms with Crippen molar-refractivity contribution in [2.75, 3.05) is 25.5 Å². The Morgan fingerprint density at radius 3 is 2.83 bits per heavy atom. The van der Waals surface area contributed by atoms with E-state index in [1.807, 2.05) is 48.3 Å². The Labute approximate surface area is 141 Å². The Kier molecular flexibility index (Phi) is 5.23. The molecule has 0 saturated carbocycles. The van der Waals surface area contributed by atoms with Crippen LogP contribution in [0.5, 0.6) is 0 Å². The lowest BCUT2D eigenvalue weighted by Gasteiger charge is -2.20. The van der Waals surface area contributed by atoms with E-state index >= 15 is 0 Å². The molecule has 0 saturated heterocycles. The van der Waals surface area contributed by atoms with Gasteiger partial charge >= 0.3 is 0 Å². The van der Waals surface area contributed by atoms with Crippen LogP contribution >= 0.6 is 0 Å². The topological polar surface area (TPSA) is 44.4 Å². The minimum atomic E-state index is -0.298. The summed E-state index contributed by atoms with van der Waals surface area (Å²) in [7, 11) is 1.88. The molecule has 24 heavy (non-hydrogen) atoms. The van der Waals surface area contributed by atoms with Gasteiger partial charge in [0.2, 0.25) is 5.91 Å². The smallest absolute Gasteiger partial charge is 0.238 e. The number of nitrogens with one attached hydrogen (secondary N) is 2. The monoisotopic (exact) mass is 327 g/mol. The Morgan fingerprint density at radius 2 is 2.04 bits per heavy atom. The van der Waals surface area contributed by atoms with Crippen LogP contribution in [0, 0.1) is 5.82 Å². The SMILES string of the molecule is CN(CC(=O)Nc1ccc2c(c1F)CCNC2)Cc1ccccc1. The molecule has 2 N–H and O–H groups in total. The molecule has 1 aliphatic rings. The highest BCUT2D eigenvalue weighted by atomic mass is 19.1. The lowest BCUT2D eigenvalue weighted by Crippen LogP contribution is -2.30. The third kappa shape index (κ3) is 3.99. The minimum absolute atomic E-state index is 0.207. The van der Waals surface area contributed by atoms with Gasteiger partial charge in [-0.3, -0.25) is 9.69 Å². The molecule has 0 aliphatic carbocycles. The molecule has 0 bridgehead atoms. The van der Waals surface area contributed by atoms with Crippen LogP contribution < -0.4 is 10.6 Å². The van der Waals surface area contributed by atoms with Crippen LogP contribution in [0.4, 0.5) is 10.1 Å². The summed E-state index contributed by atoms with van der Waals surface area (Å²) < 4.78 is 14.5. The van der Waals surface area contributed by atoms with Crippen LogP contribution in [0.15, 0.2) is 42.5 Å². The van der Waals surface area contributed by atoms with Crippen LogP contribution in [-0.4, -0.2) is 30.9 Å². The standard InChI is InChI=1S/C19H22FN3O/c1-23(12-14-5-3-2-4-6-14)13-18(24)22-17-8-7-15-11-21-10-9-16(15)19(17)20/h2-8,21H,9-13H2,1H3,(H,22,24). The molecule has 0 fully saturated rings. The van der Waals surface area contributed by atoms with Crippen molar-refractivity contribution in [3.63, 3.8) is 0 Å². The van der Waals surface area contributed by atoms with Gasteiger partial charge < -0.3 is 10.6 Å². The lowest BCUT2D eigenvalue weighted by atomic mass is 9.99. The van der Waals surface area contributed by atoms with Crippen LogP contribution in [0.25, 0.3) is 0 Å². The van der Waals surface area contributed by atoms with Gasteiger partial charge in [0.1, 0.15) is 5.82 Å². The molecule has 5 heteroatoms. The average molecular weight is 327 g/mol. The maximum Gasteiger partial charge on any atom is 0.238 e. The zero-order chi connectivity index (χ0) is 16.9. The van der Waals surface area contributed by atoms with E-state index in [2.05, 4.69) is 10.6 Å². The van der Waals surface area contributed by atoms with E-state index in [1.165, 1.54) is 0 Å². The van der Waals surface area contributed by atoms with Gasteiger partial charge in [0, 0.05) is 13.1 Å². The predicted molar refractivity (Wildman–Crippen MR) is 93.2 cm³/mol. The number of rotatable bonds is 5. The zero-order valence-electron chi connectivity index (χ0n) is 13.8. The van der Waals surface area contributed by atoms with Gasteiger partial charge in [0.05, 0.1) is 12.2 Å². The zero-order valence-corrected chi connectivity index (χ0v) is 13.8. The Morgan fingerprint density at radius 1 is 1.25 bits per heavy atom. The largest absolute Gasteiger partial charge is 0.322 e. The van der Waals surface area contributed by atoms with Gasteiger partial charge in [-0.1, -0.05) is 36.4 Å². The van der Waals surface area contributed by atoms with Gasteiger partial charge in [-0.25, -0.2) is 4.39 Å². The molecule has 3 rings (SSSR count). The molecule has 126 valence electrons. The maximum atomic E-state index is 14.5. The van der Waals surface area contributed by atoms with Crippen LogP contribution in [-0.2, 0) is 24.3 Å². The molecule has 0 atom stereocenters. The van der Waals surface area contributed by atoms with Crippen molar-refractivity contribution in [3.05, 3.63) is 65.0 Å². The van der Waals surface area contributed by atoms with Crippen molar-refractivity contribution >= 4 is 11.6 Å². The number of likely N-dealkylation sites (N-methyl/N-ethyl adjacent to an activating group) is 1. The molecule has 4 nitrogen and oxygen atoms in total. The molecule has 0 spiro atoms. The van der Waals surface area contributed by atoms with E-state index in [0.29, 0.717) is 25.1 Å². The van der Waals surface area contributed by atoms with Crippen LogP contribution in [0.3, 0.4) is 0 Å². The Bertz CT molecular complexity index is 718. The summed E-state index contributed by atoms with van der Waals surface area (Å²) in [5.41, 5.74) is 3.09. The lowest BCUT2D eigenvalue weighted by molar-refractivity contribution is -0.117. The number of anilines is 1. The Hall–Kier alpha value is -2.24. The second-order valence-electron chi connectivity index (χ2n) is 6.20. The summed E-state index contributed by atoms with van der Waals surface area (Å²) >= 11 is 0. The fourth-order valence-electron chi connectivity index (χ4n) is 3.02. The second kappa shape index (κ2) is 7.55. The maximum absolute atomic E-state index is 14.5. The van der Waals surface area contributed by atoms with Crippen molar-refractivity contribution in [1.82, 2.24) is 10.2 Å². The number of hydrogen-bond acceptors (Lipinski definition) is 3. The summed E-state index contributed by atoms with van der Waals surface area (Å²) in [6.07, 6.45) is 0.652. The quantitative estimate of drug-likeness (QED) is 0.887. The molecule has 1 amide bonds. The highest BCUT2D eigenvalue weighted by Crippen LogP contribution is 2.24. The summed E-state index contributed by atoms with van der Waals surface area (Å²) in [6, 6.07) is 13.5. The molecular formula is C19H22FN3O. The van der Waals surface area contributed by atoms with E-state index < -0.39 is 0 Å². The first-order valence-corrected chi connectivity index (χ1v) is 8.17. The normalized spacial score (nSPS) is 13.6. The number of amides is 1. The number of nitrogens with zero attached hydrogens (tertiary/aromatic N) is 1. The number of carbonyl (C=O) groups is 1. The molecule has 2 aromatic carbocycles. The van der Waals surface area contributed by atoms with Crippen molar-refractivity contribution in [3.8, 4) is 0 Å². The second-order valence-corrected chi connectivity index (χ2v) is 6.20. The third-order valence-corrected chi connectivity index (χ3v) is 4.19. The minimum Gasteiger partial charge on any atom is -0.322 e. The summed E-state index contributed by atoms with van der Waals surface area (Å²) in [5.74, 6) is -0.505. The molecule has 0 unspecified atom stereocenters. The van der Waals surface area contributed by atoms with Crippen molar-refractivity contribution in [1.29, 1.82) is 0 Å². The van der Waals surface area contributed by atoms with E-state index in [-0.39, 0.29) is 24.0 Å². The number of hydrogen-bond donors (Lipinski definition) is 2. The summed E-state index contributed by atoms with van der Waals surface area (Å²) in [6.45, 7) is 2.33. The van der Waals surface area contributed by atoms with Crippen molar-refractivity contribution in [2.24, 2.45) is 0 Å². The molecular weight excluding hydrogens is 305 g/mol. The van der Waals surface area contributed by atoms with Crippen molar-refractivity contribution < 1.29 is 9.18 Å². The van der Waals surface area contributed by atoms with E-state index in [9.17, 15) is 9.18 Å². The summed E-state index contributed by atoms with van der Waals surface area (Å²) in [5, 5.41) is 5.92. The fraction of sp³-hybridized carbons (Fsp3) is 0.316. The predicted octanol–water partition coefficient (Wildman–Crippen LogP) is 2.54. The number of benzene rings is 2. The van der Waals surface area contributed by atoms with E-state index in [4.69, 9.17) is 0 Å². The average Bonchev–Trinajstić information content (AvgIpc) is 2.58. The van der Waals surface area contributed by atoms with Gasteiger partial charge in [0.15, 0.2) is 0 Å². The number of fused-ring (bicyclic) bond motifs is 1. The molecule has 1 heterocycles. The first-order valence-electron chi connectivity index (χ1n) is 8.17. The first-order chi connectivity index (χ1) is 11.6. The van der Waals surface area contributed by atoms with E-state index in [1.54, 1.807) is 6.07 Å². The summed E-state index contributed by atoms with van der Waals surface area (Å²) in [4.78, 5) is 14.1. The van der Waals surface area contributed by atoms with Crippen molar-refractivity contribution in [2.45, 2.75) is 19.5 Å². The first kappa shape index (κ1) is 16.6. The molecule has 2 aromatic rings. The fourth-order valence-corrected chi connectivity index (χ4v) is 3.02. The number of carbonyl (C=O) groups excluding carboxylic acids is 1. The van der Waals surface area contributed by atoms with Gasteiger partial charge in [-0.2, -0.15) is 0 Å². The molecule has 0 radical (unpaired) electrons. The van der Waals surface area contributed by atoms with Crippen LogP contribution in [0.2, 0.25) is 0 Å². The Balaban J connectivity index is 1.60. The molecule has 1 aliphatic heterocycles. The van der Waals surface area contributed by atoms with Gasteiger partial charge in [-0.05, 0) is 42.8 Å². The molecule has 0 aromatic heterocycles. The number of halogens is 1. The highest BCUT2D eigenvalue weighted by Gasteiger charge is 2.18. The van der Waals surface area contributed by atoms with Gasteiger partial charge in [-0.15, -0.1) is 0 Å². The van der Waals surface area contributed by atoms with Gasteiger partial charge in [0.25, 0.3) is 0 Å². The van der Waals surface area contributed by atoms with Crippen LogP contribution in [0.1, 0.15) is 16.7 Å². The highest BCUT2D eigenvalue weighted by molar-refractivity contribution is 5.92. The van der Waals surface area contributed by atoms with E-state index in [0.717, 1.165) is 17.7 Å². The third-order valence-electron chi connectivity index (χ3n) is 4.19.